The normalized spacial score (nSPS) is 11.4. The maximum Gasteiger partial charge on any atom is 0.0778 e. The average molecular weight is 99.1 g/mol. The highest BCUT2D eigenvalue weighted by Gasteiger charge is 1.77. The molecular formula is C5H9NO. The van der Waals surface area contributed by atoms with Crippen molar-refractivity contribution >= 4 is 0 Å². The van der Waals surface area contributed by atoms with E-state index in [0.717, 1.165) is 6.42 Å². The minimum absolute atomic E-state index is 0.572. The third kappa shape index (κ3) is 3.16. The van der Waals surface area contributed by atoms with Gasteiger partial charge in [0.15, 0.2) is 0 Å². The molecule has 0 N–H and O–H groups in total. The molecule has 0 amide bonds. The topological polar surface area (TPSA) is 29.4 Å². The fourth-order valence-electron chi connectivity index (χ4n) is 0.333. The van der Waals surface area contributed by atoms with Crippen molar-refractivity contribution in [2.75, 3.05) is 0 Å². The summed E-state index contributed by atoms with van der Waals surface area (Å²) in [4.78, 5) is 9.58. The molecule has 0 saturated heterocycles. The molecule has 7 heavy (non-hydrogen) atoms. The molecule has 0 bridgehead atoms. The Hall–Kier alpha value is -0.660. The lowest BCUT2D eigenvalue weighted by atomic mass is 10.4. The van der Waals surface area contributed by atoms with E-state index in [1.54, 1.807) is 13.0 Å². The highest BCUT2D eigenvalue weighted by molar-refractivity contribution is 4.93. The van der Waals surface area contributed by atoms with Crippen LogP contribution in [0.1, 0.15) is 20.3 Å². The number of nitroso groups, excluding NO2 is 1. The van der Waals surface area contributed by atoms with Gasteiger partial charge in [-0.3, -0.25) is 0 Å². The summed E-state index contributed by atoms with van der Waals surface area (Å²) in [5, 5.41) is 2.69. The summed E-state index contributed by atoms with van der Waals surface area (Å²) in [6.07, 6.45) is 2.67. The van der Waals surface area contributed by atoms with Gasteiger partial charge < -0.3 is 0 Å². The average Bonchev–Trinajstić information content (AvgIpc) is 1.68. The van der Waals surface area contributed by atoms with Crippen LogP contribution in [0.15, 0.2) is 16.9 Å². The van der Waals surface area contributed by atoms with E-state index in [1.807, 2.05) is 6.92 Å². The van der Waals surface area contributed by atoms with E-state index in [-0.39, 0.29) is 0 Å². The molecule has 0 aromatic carbocycles. The number of rotatable bonds is 2. The molecule has 0 rings (SSSR count). The predicted octanol–water partition coefficient (Wildman–Crippen LogP) is 2.07. The van der Waals surface area contributed by atoms with Crippen molar-refractivity contribution < 1.29 is 0 Å². The lowest BCUT2D eigenvalue weighted by Gasteiger charge is -1.78. The maximum atomic E-state index is 9.58. The van der Waals surface area contributed by atoms with E-state index in [0.29, 0.717) is 5.70 Å². The Kier molecular flexibility index (Phi) is 3.19. The lowest BCUT2D eigenvalue weighted by Crippen LogP contribution is -1.62. The second-order valence-corrected chi connectivity index (χ2v) is 1.35. The zero-order chi connectivity index (χ0) is 5.70. The molecular weight excluding hydrogens is 90.1 g/mol. The van der Waals surface area contributed by atoms with Crippen LogP contribution < -0.4 is 0 Å². The second kappa shape index (κ2) is 3.53. The minimum atomic E-state index is 0.572. The Bertz CT molecular complexity index is 86.1. The molecule has 0 unspecified atom stereocenters. The Morgan fingerprint density at radius 1 is 1.86 bits per heavy atom. The summed E-state index contributed by atoms with van der Waals surface area (Å²) in [7, 11) is 0. The summed E-state index contributed by atoms with van der Waals surface area (Å²) in [5.41, 5.74) is 0.572. The van der Waals surface area contributed by atoms with Crippen LogP contribution in [0.25, 0.3) is 0 Å². The predicted molar refractivity (Wildman–Crippen MR) is 29.8 cm³/mol. The van der Waals surface area contributed by atoms with Gasteiger partial charge in [-0.2, -0.15) is 0 Å². The summed E-state index contributed by atoms with van der Waals surface area (Å²) in [6, 6.07) is 0. The maximum absolute atomic E-state index is 9.58. The number of nitrogens with zero attached hydrogens (tertiary/aromatic N) is 1. The van der Waals surface area contributed by atoms with Crippen LogP contribution in [0.3, 0.4) is 0 Å². The Morgan fingerprint density at radius 2 is 2.43 bits per heavy atom. The van der Waals surface area contributed by atoms with Crippen molar-refractivity contribution in [1.82, 2.24) is 0 Å². The summed E-state index contributed by atoms with van der Waals surface area (Å²) < 4.78 is 0. The second-order valence-electron chi connectivity index (χ2n) is 1.35. The van der Waals surface area contributed by atoms with Crippen LogP contribution in [-0.4, -0.2) is 0 Å². The van der Waals surface area contributed by atoms with Crippen molar-refractivity contribution in [2.45, 2.75) is 20.3 Å². The molecule has 0 spiro atoms. The molecule has 2 nitrogen and oxygen atoms in total. The van der Waals surface area contributed by atoms with Crippen LogP contribution in [0.2, 0.25) is 0 Å². The van der Waals surface area contributed by atoms with E-state index >= 15 is 0 Å². The molecule has 40 valence electrons. The molecule has 0 radical (unpaired) electrons. The molecule has 0 heterocycles. The summed E-state index contributed by atoms with van der Waals surface area (Å²) in [6.45, 7) is 3.66. The zero-order valence-corrected chi connectivity index (χ0v) is 4.64. The van der Waals surface area contributed by atoms with Gasteiger partial charge in [-0.15, -0.1) is 4.91 Å². The van der Waals surface area contributed by atoms with Crippen molar-refractivity contribution in [3.8, 4) is 0 Å². The number of hydrogen-bond acceptors (Lipinski definition) is 2. The van der Waals surface area contributed by atoms with Crippen LogP contribution in [-0.2, 0) is 0 Å². The summed E-state index contributed by atoms with van der Waals surface area (Å²) in [5.74, 6) is 0. The number of allylic oxidation sites excluding steroid dienone is 2. The Labute approximate surface area is 43.2 Å². The largest absolute Gasteiger partial charge is 0.145 e. The fraction of sp³-hybridized carbons (Fsp3) is 0.600. The lowest BCUT2D eigenvalue weighted by molar-refractivity contribution is 1.15. The molecule has 0 aromatic heterocycles. The van der Waals surface area contributed by atoms with Gasteiger partial charge in [0.2, 0.25) is 0 Å². The van der Waals surface area contributed by atoms with Gasteiger partial charge in [0, 0.05) is 0 Å². The quantitative estimate of drug-likeness (QED) is 0.487. The fourth-order valence-corrected chi connectivity index (χ4v) is 0.333. The zero-order valence-electron chi connectivity index (χ0n) is 4.64. The standard InChI is InChI=1S/C5H9NO/c1-3-4-5(2)6-7/h4H,3H2,1-2H3/b5-4+. The van der Waals surface area contributed by atoms with Crippen molar-refractivity contribution in [1.29, 1.82) is 0 Å². The van der Waals surface area contributed by atoms with Gasteiger partial charge in [0.05, 0.1) is 5.70 Å². The first-order chi connectivity index (χ1) is 3.31. The Balaban J connectivity index is 3.49. The van der Waals surface area contributed by atoms with Crippen LogP contribution >= 0.6 is 0 Å². The van der Waals surface area contributed by atoms with Crippen molar-refractivity contribution in [2.24, 2.45) is 5.18 Å². The van der Waals surface area contributed by atoms with Gasteiger partial charge in [-0.1, -0.05) is 13.0 Å². The van der Waals surface area contributed by atoms with Crippen molar-refractivity contribution in [3.05, 3.63) is 16.7 Å². The monoisotopic (exact) mass is 99.1 g/mol. The minimum Gasteiger partial charge on any atom is -0.145 e. The molecule has 0 aliphatic heterocycles. The Morgan fingerprint density at radius 3 is 2.57 bits per heavy atom. The first-order valence-corrected chi connectivity index (χ1v) is 2.31. The van der Waals surface area contributed by atoms with Crippen LogP contribution in [0, 0.1) is 4.91 Å². The number of hydrogen-bond donors (Lipinski definition) is 0. The molecule has 0 fully saturated rings. The van der Waals surface area contributed by atoms with Crippen LogP contribution in [0.5, 0.6) is 0 Å². The van der Waals surface area contributed by atoms with E-state index < -0.39 is 0 Å². The smallest absolute Gasteiger partial charge is 0.0778 e. The van der Waals surface area contributed by atoms with Gasteiger partial charge in [0.1, 0.15) is 0 Å². The summed E-state index contributed by atoms with van der Waals surface area (Å²) >= 11 is 0. The van der Waals surface area contributed by atoms with E-state index in [9.17, 15) is 4.91 Å². The highest BCUT2D eigenvalue weighted by Crippen LogP contribution is 1.93. The van der Waals surface area contributed by atoms with Gasteiger partial charge in [0.25, 0.3) is 0 Å². The van der Waals surface area contributed by atoms with Crippen LogP contribution in [0.4, 0.5) is 0 Å². The molecule has 0 aliphatic carbocycles. The molecule has 0 aliphatic rings. The molecule has 0 aromatic rings. The first kappa shape index (κ1) is 6.34. The van der Waals surface area contributed by atoms with Gasteiger partial charge in [-0.05, 0) is 18.5 Å². The van der Waals surface area contributed by atoms with E-state index in [2.05, 4.69) is 5.18 Å². The molecule has 2 heteroatoms. The highest BCUT2D eigenvalue weighted by atomic mass is 16.3. The van der Waals surface area contributed by atoms with E-state index in [4.69, 9.17) is 0 Å². The first-order valence-electron chi connectivity index (χ1n) is 2.31. The third-order valence-corrected chi connectivity index (χ3v) is 0.644. The van der Waals surface area contributed by atoms with Gasteiger partial charge >= 0.3 is 0 Å². The molecule has 0 atom stereocenters. The van der Waals surface area contributed by atoms with Crippen molar-refractivity contribution in [3.63, 3.8) is 0 Å². The SMILES string of the molecule is CC/C=C(\C)N=O. The molecule has 0 saturated carbocycles. The van der Waals surface area contributed by atoms with E-state index in [1.165, 1.54) is 0 Å². The van der Waals surface area contributed by atoms with Gasteiger partial charge in [-0.25, -0.2) is 0 Å². The third-order valence-electron chi connectivity index (χ3n) is 0.644.